The molecule has 0 aliphatic heterocycles. The Bertz CT molecular complexity index is 816. The molecule has 164 valence electrons. The van der Waals surface area contributed by atoms with Crippen molar-refractivity contribution in [1.82, 2.24) is 0 Å². The molecule has 0 aliphatic carbocycles. The highest BCUT2D eigenvalue weighted by atomic mass is 31.1. The monoisotopic (exact) mass is 430 g/mol. The number of rotatable bonds is 9. The predicted octanol–water partition coefficient (Wildman–Crippen LogP) is 6.82. The minimum atomic E-state index is -0.578. The molecule has 0 saturated carbocycles. The second-order valence-corrected chi connectivity index (χ2v) is 10.7. The first-order valence-electron chi connectivity index (χ1n) is 12.2. The molecule has 0 aromatic heterocycles. The van der Waals surface area contributed by atoms with Gasteiger partial charge in [0.05, 0.1) is 0 Å². The second-order valence-electron chi connectivity index (χ2n) is 8.48. The number of hydrogen-bond acceptors (Lipinski definition) is 0. The summed E-state index contributed by atoms with van der Waals surface area (Å²) in [7, 11) is -0.578. The Morgan fingerprint density at radius 1 is 0.355 bits per heavy atom. The van der Waals surface area contributed by atoms with Crippen molar-refractivity contribution >= 4 is 23.8 Å². The van der Waals surface area contributed by atoms with Crippen LogP contribution in [0, 0.1) is 0 Å². The molecule has 3 aromatic rings. The fraction of sp³-hybridized carbons (Fsp3) is 0.400. The zero-order chi connectivity index (χ0) is 22.4. The molecule has 0 fully saturated rings. The lowest BCUT2D eigenvalue weighted by molar-refractivity contribution is 1.09. The van der Waals surface area contributed by atoms with Crippen molar-refractivity contribution in [1.29, 1.82) is 0 Å². The van der Waals surface area contributed by atoms with E-state index in [2.05, 4.69) is 96.1 Å². The molecule has 0 nitrogen and oxygen atoms in total. The molecule has 1 heteroatoms. The molecule has 0 heterocycles. The first-order chi connectivity index (χ1) is 15.0. The van der Waals surface area contributed by atoms with Gasteiger partial charge < -0.3 is 0 Å². The molecule has 31 heavy (non-hydrogen) atoms. The summed E-state index contributed by atoms with van der Waals surface area (Å²) in [5, 5.41) is 4.53. The third-order valence-corrected chi connectivity index (χ3v) is 8.66. The van der Waals surface area contributed by atoms with E-state index in [-0.39, 0.29) is 0 Å². The van der Waals surface area contributed by atoms with Gasteiger partial charge in [-0.1, -0.05) is 96.1 Å². The average molecular weight is 431 g/mol. The first kappa shape index (κ1) is 23.7. The van der Waals surface area contributed by atoms with E-state index in [9.17, 15) is 0 Å². The van der Waals surface area contributed by atoms with Gasteiger partial charge in [0.15, 0.2) is 0 Å². The van der Waals surface area contributed by atoms with Crippen LogP contribution in [0.5, 0.6) is 0 Å². The Labute approximate surface area is 191 Å². The van der Waals surface area contributed by atoms with Gasteiger partial charge in [0.2, 0.25) is 0 Å². The Morgan fingerprint density at radius 3 is 0.710 bits per heavy atom. The second kappa shape index (κ2) is 11.1. The van der Waals surface area contributed by atoms with Crippen LogP contribution in [-0.4, -0.2) is 0 Å². The van der Waals surface area contributed by atoms with Crippen LogP contribution >= 0.6 is 7.92 Å². The van der Waals surface area contributed by atoms with Crippen molar-refractivity contribution in [3.05, 3.63) is 88.0 Å². The normalized spacial score (nSPS) is 11.3. The van der Waals surface area contributed by atoms with Gasteiger partial charge in [-0.2, -0.15) is 0 Å². The van der Waals surface area contributed by atoms with Gasteiger partial charge in [-0.05, 0) is 95.7 Å². The van der Waals surface area contributed by atoms with Crippen LogP contribution in [0.3, 0.4) is 0 Å². The summed E-state index contributed by atoms with van der Waals surface area (Å²) in [5.41, 5.74) is 8.79. The summed E-state index contributed by atoms with van der Waals surface area (Å²) in [6.07, 6.45) is 6.55. The molecular formula is C30H39P. The summed E-state index contributed by atoms with van der Waals surface area (Å²) >= 11 is 0. The summed E-state index contributed by atoms with van der Waals surface area (Å²) < 4.78 is 0. The molecule has 0 unspecified atom stereocenters. The van der Waals surface area contributed by atoms with Crippen LogP contribution in [0.1, 0.15) is 74.9 Å². The van der Waals surface area contributed by atoms with Crippen molar-refractivity contribution in [2.75, 3.05) is 0 Å². The van der Waals surface area contributed by atoms with Gasteiger partial charge in [-0.25, -0.2) is 0 Å². The maximum absolute atomic E-state index is 2.49. The van der Waals surface area contributed by atoms with E-state index < -0.39 is 7.92 Å². The highest BCUT2D eigenvalue weighted by Gasteiger charge is 2.20. The van der Waals surface area contributed by atoms with Crippen molar-refractivity contribution in [2.45, 2.75) is 80.1 Å². The fourth-order valence-corrected chi connectivity index (χ4v) is 6.95. The van der Waals surface area contributed by atoms with Gasteiger partial charge in [0.1, 0.15) is 0 Å². The minimum absolute atomic E-state index is 0.578. The quantitative estimate of drug-likeness (QED) is 0.327. The minimum Gasteiger partial charge on any atom is -0.0613 e. The van der Waals surface area contributed by atoms with Crippen molar-refractivity contribution in [2.24, 2.45) is 0 Å². The van der Waals surface area contributed by atoms with Crippen LogP contribution in [0.4, 0.5) is 0 Å². The Hall–Kier alpha value is -1.91. The van der Waals surface area contributed by atoms with Crippen LogP contribution in [0.2, 0.25) is 0 Å². The van der Waals surface area contributed by atoms with E-state index in [0.717, 1.165) is 38.5 Å². The van der Waals surface area contributed by atoms with E-state index in [1.807, 2.05) is 0 Å². The first-order valence-corrected chi connectivity index (χ1v) is 13.6. The SMILES string of the molecule is CCc1cc(CC)cc(P(c2cc(CC)cc(CC)c2)c2cc(CC)cc(CC)c2)c1. The lowest BCUT2D eigenvalue weighted by atomic mass is 10.1. The summed E-state index contributed by atoms with van der Waals surface area (Å²) in [5.74, 6) is 0. The molecule has 0 saturated heterocycles. The Balaban J connectivity index is 2.30. The van der Waals surface area contributed by atoms with Crippen LogP contribution < -0.4 is 15.9 Å². The summed E-state index contributed by atoms with van der Waals surface area (Å²) in [4.78, 5) is 0. The van der Waals surface area contributed by atoms with Crippen LogP contribution in [-0.2, 0) is 38.5 Å². The molecule has 0 bridgehead atoms. The van der Waals surface area contributed by atoms with Crippen LogP contribution in [0.15, 0.2) is 54.6 Å². The molecule has 0 N–H and O–H groups in total. The van der Waals surface area contributed by atoms with Gasteiger partial charge in [-0.15, -0.1) is 0 Å². The fourth-order valence-electron chi connectivity index (χ4n) is 4.29. The largest absolute Gasteiger partial charge is 0.0613 e. The zero-order valence-electron chi connectivity index (χ0n) is 20.4. The smallest absolute Gasteiger partial charge is 0.0134 e. The van der Waals surface area contributed by atoms with Gasteiger partial charge in [0.25, 0.3) is 0 Å². The number of hydrogen-bond donors (Lipinski definition) is 0. The third kappa shape index (κ3) is 5.67. The summed E-state index contributed by atoms with van der Waals surface area (Å²) in [6, 6.07) is 22.1. The van der Waals surface area contributed by atoms with Crippen molar-refractivity contribution < 1.29 is 0 Å². The zero-order valence-corrected chi connectivity index (χ0v) is 21.3. The molecule has 0 atom stereocenters. The van der Waals surface area contributed by atoms with Gasteiger partial charge in [0, 0.05) is 0 Å². The van der Waals surface area contributed by atoms with Crippen molar-refractivity contribution in [3.63, 3.8) is 0 Å². The van der Waals surface area contributed by atoms with E-state index in [1.165, 1.54) is 49.3 Å². The Kier molecular flexibility index (Phi) is 8.50. The number of benzene rings is 3. The van der Waals surface area contributed by atoms with E-state index in [1.54, 1.807) is 0 Å². The molecule has 3 aromatic carbocycles. The summed E-state index contributed by atoms with van der Waals surface area (Å²) in [6.45, 7) is 13.7. The maximum atomic E-state index is 2.49. The molecular weight excluding hydrogens is 391 g/mol. The highest BCUT2D eigenvalue weighted by molar-refractivity contribution is 7.79. The molecule has 0 aliphatic rings. The van der Waals surface area contributed by atoms with Crippen LogP contribution in [0.25, 0.3) is 0 Å². The maximum Gasteiger partial charge on any atom is -0.0134 e. The molecule has 0 radical (unpaired) electrons. The Morgan fingerprint density at radius 2 is 0.548 bits per heavy atom. The van der Waals surface area contributed by atoms with Gasteiger partial charge >= 0.3 is 0 Å². The van der Waals surface area contributed by atoms with E-state index in [4.69, 9.17) is 0 Å². The topological polar surface area (TPSA) is 0 Å². The molecule has 0 amide bonds. The predicted molar refractivity (Wildman–Crippen MR) is 141 cm³/mol. The number of aryl methyl sites for hydroxylation is 6. The van der Waals surface area contributed by atoms with E-state index >= 15 is 0 Å². The lowest BCUT2D eigenvalue weighted by Crippen LogP contribution is -2.23. The standard InChI is InChI=1S/C30H39P/c1-7-22-13-23(8-2)17-28(16-22)31(29-18-24(9-3)14-25(10-4)19-29)30-20-26(11-5)15-27(12-6)21-30/h13-21H,7-12H2,1-6H3. The third-order valence-electron chi connectivity index (χ3n) is 6.34. The molecule has 3 rings (SSSR count). The van der Waals surface area contributed by atoms with Gasteiger partial charge in [-0.3, -0.25) is 0 Å². The average Bonchev–Trinajstić information content (AvgIpc) is 2.83. The lowest BCUT2D eigenvalue weighted by Gasteiger charge is -2.24. The highest BCUT2D eigenvalue weighted by Crippen LogP contribution is 2.35. The van der Waals surface area contributed by atoms with Crippen molar-refractivity contribution in [3.8, 4) is 0 Å². The molecule has 0 spiro atoms. The van der Waals surface area contributed by atoms with E-state index in [0.29, 0.717) is 0 Å².